The van der Waals surface area contributed by atoms with Crippen LogP contribution in [0.4, 0.5) is 5.69 Å². The summed E-state index contributed by atoms with van der Waals surface area (Å²) in [4.78, 5) is 4.38. The zero-order valence-electron chi connectivity index (χ0n) is 10.4. The number of aromatic nitrogens is 1. The summed E-state index contributed by atoms with van der Waals surface area (Å²) in [6.45, 7) is 0.525. The van der Waals surface area contributed by atoms with Gasteiger partial charge in [-0.3, -0.25) is 0 Å². The van der Waals surface area contributed by atoms with Crippen molar-refractivity contribution in [2.45, 2.75) is 6.42 Å². The average molecular weight is 254 g/mol. The molecule has 0 fully saturated rings. The lowest BCUT2D eigenvalue weighted by Gasteiger charge is -2.03. The normalized spacial score (nSPS) is 10.7. The van der Waals surface area contributed by atoms with E-state index in [2.05, 4.69) is 4.98 Å². The molecule has 0 saturated carbocycles. The minimum Gasteiger partial charge on any atom is -0.493 e. The molecule has 0 aliphatic rings. The lowest BCUT2D eigenvalue weighted by molar-refractivity contribution is 0.308. The highest BCUT2D eigenvalue weighted by molar-refractivity contribution is 5.84. The van der Waals surface area contributed by atoms with Gasteiger partial charge >= 0.3 is 0 Å². The maximum Gasteiger partial charge on any atom is 0.199 e. The van der Waals surface area contributed by atoms with Gasteiger partial charge in [0, 0.05) is 0 Å². The van der Waals surface area contributed by atoms with Gasteiger partial charge in [-0.25, -0.2) is 4.98 Å². The van der Waals surface area contributed by atoms with Gasteiger partial charge in [0.2, 0.25) is 0 Å². The third-order valence-corrected chi connectivity index (χ3v) is 2.82. The van der Waals surface area contributed by atoms with Crippen molar-refractivity contribution in [1.82, 2.24) is 4.98 Å². The van der Waals surface area contributed by atoms with Gasteiger partial charge < -0.3 is 14.9 Å². The first kappa shape index (κ1) is 11.6. The Morgan fingerprint density at radius 3 is 2.68 bits per heavy atom. The molecule has 0 atom stereocenters. The van der Waals surface area contributed by atoms with Crippen LogP contribution in [0, 0.1) is 0 Å². The Morgan fingerprint density at radius 2 is 1.89 bits per heavy atom. The number of ether oxygens (including phenoxy) is 1. The van der Waals surface area contributed by atoms with Crippen LogP contribution in [0.3, 0.4) is 0 Å². The summed E-state index contributed by atoms with van der Waals surface area (Å²) in [5.74, 6) is 1.49. The fraction of sp³-hybridized carbons (Fsp3) is 0.133. The van der Waals surface area contributed by atoms with Crippen LogP contribution in [-0.2, 0) is 6.42 Å². The van der Waals surface area contributed by atoms with Crippen LogP contribution in [0.2, 0.25) is 0 Å². The molecule has 0 aliphatic heterocycles. The highest BCUT2D eigenvalue weighted by atomic mass is 16.5. The highest BCUT2D eigenvalue weighted by Gasteiger charge is 2.07. The molecule has 2 aromatic carbocycles. The van der Waals surface area contributed by atoms with E-state index < -0.39 is 0 Å². The molecule has 0 spiro atoms. The molecule has 0 bridgehead atoms. The second-order valence-corrected chi connectivity index (χ2v) is 4.21. The number of para-hydroxylation sites is 2. The third-order valence-electron chi connectivity index (χ3n) is 2.82. The van der Waals surface area contributed by atoms with E-state index in [0.717, 1.165) is 11.3 Å². The van der Waals surface area contributed by atoms with E-state index in [4.69, 9.17) is 14.9 Å². The molecular weight excluding hydrogens is 240 g/mol. The van der Waals surface area contributed by atoms with Crippen LogP contribution < -0.4 is 10.5 Å². The van der Waals surface area contributed by atoms with Gasteiger partial charge in [0.15, 0.2) is 11.5 Å². The summed E-state index contributed by atoms with van der Waals surface area (Å²) in [7, 11) is 0. The van der Waals surface area contributed by atoms with Gasteiger partial charge in [-0.2, -0.15) is 0 Å². The summed E-state index contributed by atoms with van der Waals surface area (Å²) in [5.41, 5.74) is 7.87. The molecule has 96 valence electrons. The highest BCUT2D eigenvalue weighted by Crippen LogP contribution is 2.21. The number of nitrogens with two attached hydrogens (primary N) is 1. The largest absolute Gasteiger partial charge is 0.493 e. The number of rotatable bonds is 4. The molecule has 4 heteroatoms. The molecule has 2 N–H and O–H groups in total. The van der Waals surface area contributed by atoms with E-state index >= 15 is 0 Å². The molecule has 0 aliphatic carbocycles. The summed E-state index contributed by atoms with van der Waals surface area (Å²) in [6, 6.07) is 15.2. The summed E-state index contributed by atoms with van der Waals surface area (Å²) < 4.78 is 11.2. The van der Waals surface area contributed by atoms with Crippen LogP contribution in [0.1, 0.15) is 5.89 Å². The van der Waals surface area contributed by atoms with Crippen molar-refractivity contribution >= 4 is 16.8 Å². The number of oxazole rings is 1. The van der Waals surface area contributed by atoms with E-state index in [1.54, 1.807) is 6.07 Å². The van der Waals surface area contributed by atoms with E-state index in [1.807, 2.05) is 42.5 Å². The number of fused-ring (bicyclic) bond motifs is 1. The van der Waals surface area contributed by atoms with Crippen molar-refractivity contribution in [3.63, 3.8) is 0 Å². The van der Waals surface area contributed by atoms with E-state index in [-0.39, 0.29) is 0 Å². The van der Waals surface area contributed by atoms with Crippen LogP contribution in [0.15, 0.2) is 52.9 Å². The molecule has 0 amide bonds. The lowest BCUT2D eigenvalue weighted by atomic mass is 10.3. The Hall–Kier alpha value is -2.49. The average Bonchev–Trinajstić information content (AvgIpc) is 2.84. The smallest absolute Gasteiger partial charge is 0.199 e. The van der Waals surface area contributed by atoms with Crippen molar-refractivity contribution in [3.8, 4) is 5.75 Å². The Labute approximate surface area is 110 Å². The number of nitrogens with zero attached hydrogens (tertiary/aromatic N) is 1. The second kappa shape index (κ2) is 5.02. The number of hydrogen-bond acceptors (Lipinski definition) is 4. The first-order valence-corrected chi connectivity index (χ1v) is 6.15. The summed E-state index contributed by atoms with van der Waals surface area (Å²) in [6.07, 6.45) is 0.614. The van der Waals surface area contributed by atoms with Crippen LogP contribution >= 0.6 is 0 Å². The van der Waals surface area contributed by atoms with Crippen molar-refractivity contribution in [2.24, 2.45) is 0 Å². The zero-order chi connectivity index (χ0) is 13.1. The maximum absolute atomic E-state index is 5.82. The first-order chi connectivity index (χ1) is 9.33. The van der Waals surface area contributed by atoms with Crippen LogP contribution in [-0.4, -0.2) is 11.6 Å². The standard InChI is InChI=1S/C15H14N2O2/c16-12-7-4-8-13-15(12)19-14(17-13)9-10-18-11-5-2-1-3-6-11/h1-8H,9-10,16H2. The van der Waals surface area contributed by atoms with Gasteiger partial charge in [-0.15, -0.1) is 0 Å². The van der Waals surface area contributed by atoms with Gasteiger partial charge in [0.05, 0.1) is 18.7 Å². The zero-order valence-corrected chi connectivity index (χ0v) is 10.4. The van der Waals surface area contributed by atoms with Gasteiger partial charge in [0.25, 0.3) is 0 Å². The summed E-state index contributed by atoms with van der Waals surface area (Å²) >= 11 is 0. The fourth-order valence-corrected chi connectivity index (χ4v) is 1.90. The number of nitrogen functional groups attached to an aromatic ring is 1. The quantitative estimate of drug-likeness (QED) is 0.727. The van der Waals surface area contributed by atoms with Crippen molar-refractivity contribution < 1.29 is 9.15 Å². The molecule has 1 aromatic heterocycles. The molecule has 4 nitrogen and oxygen atoms in total. The monoisotopic (exact) mass is 254 g/mol. The Morgan fingerprint density at radius 1 is 1.05 bits per heavy atom. The minimum atomic E-state index is 0.525. The van der Waals surface area contributed by atoms with Gasteiger partial charge in [0.1, 0.15) is 11.3 Å². The molecule has 0 radical (unpaired) electrons. The van der Waals surface area contributed by atoms with E-state index in [0.29, 0.717) is 30.2 Å². The van der Waals surface area contributed by atoms with Crippen LogP contribution in [0.5, 0.6) is 5.75 Å². The molecule has 0 unspecified atom stereocenters. The van der Waals surface area contributed by atoms with Gasteiger partial charge in [-0.1, -0.05) is 24.3 Å². The lowest BCUT2D eigenvalue weighted by Crippen LogP contribution is -2.01. The summed E-state index contributed by atoms with van der Waals surface area (Å²) in [5, 5.41) is 0. The van der Waals surface area contributed by atoms with Crippen LogP contribution in [0.25, 0.3) is 11.1 Å². The second-order valence-electron chi connectivity index (χ2n) is 4.21. The molecule has 3 rings (SSSR count). The third kappa shape index (κ3) is 2.52. The van der Waals surface area contributed by atoms with E-state index in [1.165, 1.54) is 0 Å². The molecule has 1 heterocycles. The van der Waals surface area contributed by atoms with E-state index in [9.17, 15) is 0 Å². The molecule has 19 heavy (non-hydrogen) atoms. The number of anilines is 1. The topological polar surface area (TPSA) is 61.3 Å². The number of hydrogen-bond donors (Lipinski definition) is 1. The molecule has 0 saturated heterocycles. The van der Waals surface area contributed by atoms with Gasteiger partial charge in [-0.05, 0) is 24.3 Å². The Kier molecular flexibility index (Phi) is 3.06. The Balaban J connectivity index is 1.67. The SMILES string of the molecule is Nc1cccc2nc(CCOc3ccccc3)oc12. The molecular formula is C15H14N2O2. The maximum atomic E-state index is 5.82. The predicted octanol–water partition coefficient (Wildman–Crippen LogP) is 3.03. The number of benzene rings is 2. The first-order valence-electron chi connectivity index (χ1n) is 6.15. The Bertz CT molecular complexity index is 677. The minimum absolute atomic E-state index is 0.525. The van der Waals surface area contributed by atoms with Crippen molar-refractivity contribution in [2.75, 3.05) is 12.3 Å². The molecule has 3 aromatic rings. The van der Waals surface area contributed by atoms with Crippen molar-refractivity contribution in [3.05, 3.63) is 54.4 Å². The fourth-order valence-electron chi connectivity index (χ4n) is 1.90. The van der Waals surface area contributed by atoms with Crippen molar-refractivity contribution in [1.29, 1.82) is 0 Å². The predicted molar refractivity (Wildman–Crippen MR) is 74.1 cm³/mol.